The number of thioether (sulfide) groups is 1. The number of pyridine rings is 2. The van der Waals surface area contributed by atoms with Gasteiger partial charge in [0.2, 0.25) is 0 Å². The molecule has 3 rings (SSSR count). The molecule has 3 heterocycles. The molecule has 22 heavy (non-hydrogen) atoms. The molecule has 0 aliphatic carbocycles. The lowest BCUT2D eigenvalue weighted by Gasteiger charge is -2.06. The van der Waals surface area contributed by atoms with Gasteiger partial charge in [0.25, 0.3) is 11.1 Å². The first kappa shape index (κ1) is 14.1. The lowest BCUT2D eigenvalue weighted by Crippen LogP contribution is -2.22. The van der Waals surface area contributed by atoms with Crippen LogP contribution in [0.3, 0.4) is 0 Å². The van der Waals surface area contributed by atoms with Gasteiger partial charge in [0.05, 0.1) is 17.1 Å². The number of nitriles is 1. The second-order valence-electron chi connectivity index (χ2n) is 4.42. The van der Waals surface area contributed by atoms with E-state index in [-0.39, 0.29) is 11.1 Å². The first-order valence-electron chi connectivity index (χ1n) is 6.34. The maximum atomic E-state index is 12.4. The molecule has 3 aromatic heterocycles. The summed E-state index contributed by atoms with van der Waals surface area (Å²) in [7, 11) is 0. The van der Waals surface area contributed by atoms with Crippen LogP contribution in [0.15, 0.2) is 39.1 Å². The standard InChI is InChI=1S/C13H10N6O2S/c14-6-8-5-9-10(16-12(8)20)1-2-19(13(9)21)3-4-22-11-7-15-18-17-11/h1-2,5,7H,3-4H2,(H,16,20)(H,15,17,18). The van der Waals surface area contributed by atoms with Gasteiger partial charge in [0.1, 0.15) is 16.7 Å². The molecule has 110 valence electrons. The minimum atomic E-state index is -0.492. The maximum absolute atomic E-state index is 12.4. The molecule has 0 aliphatic heterocycles. The molecule has 0 saturated carbocycles. The van der Waals surface area contributed by atoms with Gasteiger partial charge in [-0.15, -0.1) is 16.9 Å². The normalized spacial score (nSPS) is 10.7. The number of aromatic amines is 2. The molecule has 3 aromatic rings. The molecule has 0 unspecified atom stereocenters. The Labute approximate surface area is 127 Å². The van der Waals surface area contributed by atoms with E-state index < -0.39 is 5.56 Å². The smallest absolute Gasteiger partial charge is 0.266 e. The Hall–Kier alpha value is -2.86. The molecule has 0 bridgehead atoms. The zero-order valence-corrected chi connectivity index (χ0v) is 12.1. The highest BCUT2D eigenvalue weighted by molar-refractivity contribution is 7.99. The predicted molar refractivity (Wildman–Crippen MR) is 80.7 cm³/mol. The molecule has 0 atom stereocenters. The van der Waals surface area contributed by atoms with E-state index in [1.54, 1.807) is 24.5 Å². The molecule has 9 heteroatoms. The van der Waals surface area contributed by atoms with Gasteiger partial charge >= 0.3 is 0 Å². The van der Waals surface area contributed by atoms with E-state index in [0.717, 1.165) is 5.03 Å². The van der Waals surface area contributed by atoms with Crippen molar-refractivity contribution in [3.63, 3.8) is 0 Å². The Bertz CT molecular complexity index is 967. The van der Waals surface area contributed by atoms with E-state index in [1.807, 2.05) is 0 Å². The summed E-state index contributed by atoms with van der Waals surface area (Å²) in [6, 6.07) is 4.77. The molecule has 0 saturated heterocycles. The van der Waals surface area contributed by atoms with Gasteiger partial charge in [-0.1, -0.05) is 0 Å². The Kier molecular flexibility index (Phi) is 3.76. The average Bonchev–Trinajstić information content (AvgIpc) is 3.02. The third kappa shape index (κ3) is 2.64. The van der Waals surface area contributed by atoms with E-state index in [9.17, 15) is 9.59 Å². The van der Waals surface area contributed by atoms with Crippen LogP contribution >= 0.6 is 11.8 Å². The van der Waals surface area contributed by atoms with Crippen LogP contribution in [0.4, 0.5) is 0 Å². The summed E-state index contributed by atoms with van der Waals surface area (Å²) in [6.07, 6.45) is 3.23. The summed E-state index contributed by atoms with van der Waals surface area (Å²) < 4.78 is 1.54. The third-order valence-corrected chi connectivity index (χ3v) is 3.96. The van der Waals surface area contributed by atoms with Crippen molar-refractivity contribution in [2.75, 3.05) is 5.75 Å². The van der Waals surface area contributed by atoms with Crippen LogP contribution in [0.25, 0.3) is 10.9 Å². The highest BCUT2D eigenvalue weighted by Crippen LogP contribution is 2.13. The zero-order valence-electron chi connectivity index (χ0n) is 11.2. The van der Waals surface area contributed by atoms with Crippen molar-refractivity contribution in [2.24, 2.45) is 0 Å². The summed E-state index contributed by atoms with van der Waals surface area (Å²) in [6.45, 7) is 0.479. The number of hydrogen-bond acceptors (Lipinski definition) is 6. The van der Waals surface area contributed by atoms with E-state index >= 15 is 0 Å². The molecule has 0 spiro atoms. The lowest BCUT2D eigenvalue weighted by molar-refractivity contribution is 0.741. The average molecular weight is 314 g/mol. The van der Waals surface area contributed by atoms with Crippen LogP contribution < -0.4 is 11.1 Å². The summed E-state index contributed by atoms with van der Waals surface area (Å²) in [5.74, 6) is 0.645. The largest absolute Gasteiger partial charge is 0.321 e. The number of H-pyrrole nitrogens is 2. The Morgan fingerprint density at radius 2 is 2.27 bits per heavy atom. The van der Waals surface area contributed by atoms with Crippen LogP contribution in [0.5, 0.6) is 0 Å². The Morgan fingerprint density at radius 3 is 3.00 bits per heavy atom. The van der Waals surface area contributed by atoms with Gasteiger partial charge in [-0.25, -0.2) is 0 Å². The lowest BCUT2D eigenvalue weighted by atomic mass is 10.2. The fraction of sp³-hybridized carbons (Fsp3) is 0.154. The topological polar surface area (TPSA) is 120 Å². The number of nitrogens with zero attached hydrogens (tertiary/aromatic N) is 4. The molecule has 0 radical (unpaired) electrons. The second-order valence-corrected chi connectivity index (χ2v) is 5.54. The van der Waals surface area contributed by atoms with Gasteiger partial charge in [-0.2, -0.15) is 15.6 Å². The van der Waals surface area contributed by atoms with Crippen molar-refractivity contribution in [2.45, 2.75) is 11.6 Å². The van der Waals surface area contributed by atoms with Crippen molar-refractivity contribution >= 4 is 22.7 Å². The molecule has 0 fully saturated rings. The molecule has 0 amide bonds. The highest BCUT2D eigenvalue weighted by Gasteiger charge is 2.07. The number of rotatable bonds is 4. The van der Waals surface area contributed by atoms with Gasteiger partial charge in [-0.3, -0.25) is 9.59 Å². The minimum Gasteiger partial charge on any atom is -0.321 e. The zero-order chi connectivity index (χ0) is 15.5. The number of fused-ring (bicyclic) bond motifs is 1. The van der Waals surface area contributed by atoms with Crippen LogP contribution in [-0.4, -0.2) is 30.7 Å². The number of hydrogen-bond donors (Lipinski definition) is 2. The summed E-state index contributed by atoms with van der Waals surface area (Å²) in [5.41, 5.74) is -0.381. The number of aryl methyl sites for hydroxylation is 1. The van der Waals surface area contributed by atoms with Gasteiger partial charge in [0, 0.05) is 18.5 Å². The fourth-order valence-electron chi connectivity index (χ4n) is 2.01. The van der Waals surface area contributed by atoms with E-state index in [1.165, 1.54) is 22.4 Å². The van der Waals surface area contributed by atoms with Gasteiger partial charge < -0.3 is 9.55 Å². The van der Waals surface area contributed by atoms with Crippen molar-refractivity contribution < 1.29 is 0 Å². The molecule has 8 nitrogen and oxygen atoms in total. The Balaban J connectivity index is 1.89. The SMILES string of the molecule is N#Cc1cc2c(=O)n(CCSc3cn[nH]n3)ccc2[nH]c1=O. The second kappa shape index (κ2) is 5.87. The first-order valence-corrected chi connectivity index (χ1v) is 7.33. The number of aromatic nitrogens is 5. The van der Waals surface area contributed by atoms with Crippen molar-refractivity contribution in [3.8, 4) is 6.07 Å². The maximum Gasteiger partial charge on any atom is 0.266 e. The van der Waals surface area contributed by atoms with Crippen molar-refractivity contribution in [3.05, 3.63) is 50.8 Å². The van der Waals surface area contributed by atoms with Gasteiger partial charge in [0.15, 0.2) is 0 Å². The van der Waals surface area contributed by atoms with Gasteiger partial charge in [-0.05, 0) is 12.1 Å². The van der Waals surface area contributed by atoms with Crippen LogP contribution in [-0.2, 0) is 6.54 Å². The molecule has 0 aromatic carbocycles. The van der Waals surface area contributed by atoms with Crippen molar-refractivity contribution in [1.82, 2.24) is 25.0 Å². The van der Waals surface area contributed by atoms with Crippen LogP contribution in [0.2, 0.25) is 0 Å². The van der Waals surface area contributed by atoms with E-state index in [0.29, 0.717) is 23.2 Å². The quantitative estimate of drug-likeness (QED) is 0.675. The molecule has 2 N–H and O–H groups in total. The summed E-state index contributed by atoms with van der Waals surface area (Å²) in [5, 5.41) is 20.1. The molecular weight excluding hydrogens is 304 g/mol. The van der Waals surface area contributed by atoms with Crippen molar-refractivity contribution in [1.29, 1.82) is 5.26 Å². The third-order valence-electron chi connectivity index (χ3n) is 3.08. The highest BCUT2D eigenvalue weighted by atomic mass is 32.2. The molecular formula is C13H10N6O2S. The first-order chi connectivity index (χ1) is 10.7. The van der Waals surface area contributed by atoms with E-state index in [4.69, 9.17) is 5.26 Å². The number of nitrogens with one attached hydrogen (secondary N) is 2. The minimum absolute atomic E-state index is 0.0701. The summed E-state index contributed by atoms with van der Waals surface area (Å²) >= 11 is 1.47. The predicted octanol–water partition coefficient (Wildman–Crippen LogP) is 0.472. The fourth-order valence-corrected chi connectivity index (χ4v) is 2.74. The molecule has 0 aliphatic rings. The van der Waals surface area contributed by atoms with E-state index in [2.05, 4.69) is 20.4 Å². The van der Waals surface area contributed by atoms with Crippen LogP contribution in [0, 0.1) is 11.3 Å². The van der Waals surface area contributed by atoms with Crippen LogP contribution in [0.1, 0.15) is 5.56 Å². The Morgan fingerprint density at radius 1 is 1.41 bits per heavy atom. The summed E-state index contributed by atoms with van der Waals surface area (Å²) in [4.78, 5) is 26.5. The monoisotopic (exact) mass is 314 g/mol.